The van der Waals surface area contributed by atoms with Crippen molar-refractivity contribution < 1.29 is 22.7 Å². The minimum Gasteiger partial charge on any atom is -0.430 e. The number of nitrogens with one attached hydrogen (secondary N) is 2. The van der Waals surface area contributed by atoms with Crippen LogP contribution in [0.25, 0.3) is 11.1 Å². The number of rotatable bonds is 12. The molecular weight excluding hydrogens is 590 g/mol. The highest BCUT2D eigenvalue weighted by Crippen LogP contribution is 2.28. The lowest BCUT2D eigenvalue weighted by molar-refractivity contribution is -0.133. The maximum Gasteiger partial charge on any atom is 0.414 e. The van der Waals surface area contributed by atoms with Gasteiger partial charge in [0.05, 0.1) is 11.3 Å². The van der Waals surface area contributed by atoms with E-state index in [0.717, 1.165) is 49.9 Å². The minimum absolute atomic E-state index is 0.00726. The van der Waals surface area contributed by atoms with Crippen LogP contribution in [0.15, 0.2) is 77.7 Å². The Bertz CT molecular complexity index is 1600. The predicted octanol–water partition coefficient (Wildman–Crippen LogP) is 5.25. The van der Waals surface area contributed by atoms with Crippen molar-refractivity contribution in [3.05, 3.63) is 89.5 Å². The lowest BCUT2D eigenvalue weighted by Gasteiger charge is -2.29. The normalized spacial score (nSPS) is 14.2. The Hall–Kier alpha value is -4.06. The standard InChI is InChI=1S/C34H43N5O5S/c1-4-38(5-2)24(3)44-34(41)37-33(35)28-12-10-11-26(21-28)23-39(29-13-6-7-14-29)32(40)22-25-17-19-27(20-18-25)30-15-8-9-16-31(30)45(36,42)43/h8-12,15-21,24,29H,4-7,13-14,22-23H2,1-3H3,(H2,35,37,41)(H2,36,42,43). The Morgan fingerprint density at radius 2 is 1.64 bits per heavy atom. The highest BCUT2D eigenvalue weighted by molar-refractivity contribution is 7.89. The number of primary sulfonamides is 1. The summed E-state index contributed by atoms with van der Waals surface area (Å²) in [5, 5.41) is 16.4. The first-order chi connectivity index (χ1) is 21.5. The average Bonchev–Trinajstić information content (AvgIpc) is 3.55. The third-order valence-electron chi connectivity index (χ3n) is 8.30. The van der Waals surface area contributed by atoms with Gasteiger partial charge < -0.3 is 9.64 Å². The Morgan fingerprint density at radius 3 is 2.29 bits per heavy atom. The van der Waals surface area contributed by atoms with Crippen LogP contribution in [0.2, 0.25) is 0 Å². The molecular formula is C34H43N5O5S. The van der Waals surface area contributed by atoms with E-state index in [1.54, 1.807) is 31.2 Å². The fourth-order valence-corrected chi connectivity index (χ4v) is 6.62. The van der Waals surface area contributed by atoms with Crippen LogP contribution in [0.3, 0.4) is 0 Å². The maximum absolute atomic E-state index is 13.7. The summed E-state index contributed by atoms with van der Waals surface area (Å²) in [5.74, 6) is -0.0800. The lowest BCUT2D eigenvalue weighted by atomic mass is 10.0. The smallest absolute Gasteiger partial charge is 0.414 e. The van der Waals surface area contributed by atoms with Gasteiger partial charge in [-0.05, 0) is 61.7 Å². The molecule has 0 bridgehead atoms. The largest absolute Gasteiger partial charge is 0.430 e. The molecule has 10 nitrogen and oxygen atoms in total. The Balaban J connectivity index is 1.45. The number of benzene rings is 3. The van der Waals surface area contributed by atoms with Gasteiger partial charge >= 0.3 is 6.09 Å². The van der Waals surface area contributed by atoms with Crippen LogP contribution >= 0.6 is 0 Å². The van der Waals surface area contributed by atoms with E-state index in [4.69, 9.17) is 15.3 Å². The van der Waals surface area contributed by atoms with Crippen molar-refractivity contribution in [2.24, 2.45) is 5.14 Å². The van der Waals surface area contributed by atoms with Crippen molar-refractivity contribution in [1.82, 2.24) is 15.1 Å². The first kappa shape index (κ1) is 33.8. The van der Waals surface area contributed by atoms with Crippen LogP contribution < -0.4 is 10.5 Å². The zero-order valence-electron chi connectivity index (χ0n) is 26.2. The number of nitrogens with two attached hydrogens (primary N) is 1. The van der Waals surface area contributed by atoms with Gasteiger partial charge in [0.2, 0.25) is 15.9 Å². The Labute approximate surface area is 266 Å². The molecule has 0 heterocycles. The monoisotopic (exact) mass is 633 g/mol. The second-order valence-electron chi connectivity index (χ2n) is 11.3. The summed E-state index contributed by atoms with van der Waals surface area (Å²) in [6.45, 7) is 7.64. The molecule has 240 valence electrons. The van der Waals surface area contributed by atoms with Gasteiger partial charge in [0.25, 0.3) is 0 Å². The van der Waals surface area contributed by atoms with Gasteiger partial charge in [0.1, 0.15) is 5.84 Å². The molecule has 0 radical (unpaired) electrons. The number of nitrogens with zero attached hydrogens (tertiary/aromatic N) is 2. The van der Waals surface area contributed by atoms with Gasteiger partial charge in [-0.2, -0.15) is 0 Å². The van der Waals surface area contributed by atoms with Crippen LogP contribution in [0.1, 0.15) is 63.1 Å². The number of carbonyl (C=O) groups is 2. The molecule has 1 atom stereocenters. The van der Waals surface area contributed by atoms with E-state index in [-0.39, 0.29) is 29.1 Å². The van der Waals surface area contributed by atoms with Crippen LogP contribution in [0.5, 0.6) is 0 Å². The molecule has 1 fully saturated rings. The van der Waals surface area contributed by atoms with E-state index in [1.807, 2.05) is 66.1 Å². The molecule has 11 heteroatoms. The molecule has 0 aromatic heterocycles. The van der Waals surface area contributed by atoms with Crippen molar-refractivity contribution in [3.8, 4) is 11.1 Å². The summed E-state index contributed by atoms with van der Waals surface area (Å²) in [7, 11) is -3.89. The van der Waals surface area contributed by atoms with Gasteiger partial charge in [-0.1, -0.05) is 87.4 Å². The molecule has 4 N–H and O–H groups in total. The number of ether oxygens (including phenoxy) is 1. The number of sulfonamides is 1. The van der Waals surface area contributed by atoms with Gasteiger partial charge in [-0.15, -0.1) is 0 Å². The first-order valence-corrected chi connectivity index (χ1v) is 16.9. The van der Waals surface area contributed by atoms with Gasteiger partial charge in [0, 0.05) is 23.7 Å². The van der Waals surface area contributed by atoms with E-state index in [9.17, 15) is 18.0 Å². The van der Waals surface area contributed by atoms with Crippen LogP contribution in [0, 0.1) is 5.41 Å². The fraction of sp³-hybridized carbons (Fsp3) is 0.382. The minimum atomic E-state index is -3.89. The van der Waals surface area contributed by atoms with Crippen LogP contribution in [-0.4, -0.2) is 61.4 Å². The number of alkyl carbamates (subject to hydrolysis) is 1. The van der Waals surface area contributed by atoms with Crippen molar-refractivity contribution in [3.63, 3.8) is 0 Å². The molecule has 1 aliphatic rings. The summed E-state index contributed by atoms with van der Waals surface area (Å²) in [6.07, 6.45) is 3.09. The molecule has 2 amide bonds. The number of carbonyl (C=O) groups excluding carboxylic acids is 2. The molecule has 45 heavy (non-hydrogen) atoms. The molecule has 1 saturated carbocycles. The molecule has 0 aliphatic heterocycles. The molecule has 0 spiro atoms. The molecule has 3 aromatic carbocycles. The fourth-order valence-electron chi connectivity index (χ4n) is 5.86. The van der Waals surface area contributed by atoms with Crippen LogP contribution in [-0.2, 0) is 32.5 Å². The molecule has 3 aromatic rings. The Kier molecular flexibility index (Phi) is 11.5. The first-order valence-electron chi connectivity index (χ1n) is 15.4. The van der Waals surface area contributed by atoms with Crippen molar-refractivity contribution in [2.75, 3.05) is 13.1 Å². The van der Waals surface area contributed by atoms with Gasteiger partial charge in [0.15, 0.2) is 6.23 Å². The van der Waals surface area contributed by atoms with Crippen LogP contribution in [0.4, 0.5) is 4.79 Å². The number of amidine groups is 1. The number of hydrogen-bond donors (Lipinski definition) is 3. The zero-order chi connectivity index (χ0) is 32.6. The quantitative estimate of drug-likeness (QED) is 0.141. The van der Waals surface area contributed by atoms with Gasteiger partial charge in [-0.3, -0.25) is 20.4 Å². The summed E-state index contributed by atoms with van der Waals surface area (Å²) in [4.78, 5) is 30.1. The molecule has 4 rings (SSSR count). The van der Waals surface area contributed by atoms with Crippen molar-refractivity contribution in [2.45, 2.75) is 76.6 Å². The highest BCUT2D eigenvalue weighted by atomic mass is 32.2. The van der Waals surface area contributed by atoms with Gasteiger partial charge in [-0.25, -0.2) is 18.4 Å². The third kappa shape index (κ3) is 9.00. The average molecular weight is 634 g/mol. The zero-order valence-corrected chi connectivity index (χ0v) is 27.0. The number of amides is 2. The second kappa shape index (κ2) is 15.3. The predicted molar refractivity (Wildman–Crippen MR) is 175 cm³/mol. The molecule has 1 aliphatic carbocycles. The lowest BCUT2D eigenvalue weighted by Crippen LogP contribution is -2.41. The topological polar surface area (TPSA) is 146 Å². The second-order valence-corrected chi connectivity index (χ2v) is 12.8. The van der Waals surface area contributed by atoms with Crippen molar-refractivity contribution >= 4 is 27.9 Å². The maximum atomic E-state index is 13.7. The molecule has 1 unspecified atom stereocenters. The van der Waals surface area contributed by atoms with E-state index in [0.29, 0.717) is 23.2 Å². The molecule has 0 saturated heterocycles. The van der Waals surface area contributed by atoms with E-state index in [2.05, 4.69) is 5.32 Å². The summed E-state index contributed by atoms with van der Waals surface area (Å²) in [6, 6.07) is 21.3. The van der Waals surface area contributed by atoms with E-state index in [1.165, 1.54) is 6.07 Å². The van der Waals surface area contributed by atoms with E-state index >= 15 is 0 Å². The summed E-state index contributed by atoms with van der Waals surface area (Å²) < 4.78 is 29.6. The van der Waals surface area contributed by atoms with Crippen molar-refractivity contribution in [1.29, 1.82) is 5.41 Å². The summed E-state index contributed by atoms with van der Waals surface area (Å²) >= 11 is 0. The highest BCUT2D eigenvalue weighted by Gasteiger charge is 2.27. The van der Waals surface area contributed by atoms with E-state index < -0.39 is 22.3 Å². The Morgan fingerprint density at radius 1 is 0.978 bits per heavy atom. The summed E-state index contributed by atoms with van der Waals surface area (Å²) in [5.41, 5.74) is 3.41. The number of hydrogen-bond acceptors (Lipinski definition) is 7. The third-order valence-corrected chi connectivity index (χ3v) is 9.27. The SMILES string of the molecule is CCN(CC)C(C)OC(=O)NC(=N)c1cccc(CN(C(=O)Cc2ccc(-c3ccccc3S(N)(=O)=O)cc2)C2CCCC2)c1.